The number of Topliss-reactive ketones (excluding diaryl/α,β-unsaturated/α-hetero) is 1. The van der Waals surface area contributed by atoms with Crippen LogP contribution in [0.25, 0.3) is 16.8 Å². The Labute approximate surface area is 312 Å². The molecule has 54 heavy (non-hydrogen) atoms. The molecule has 1 unspecified atom stereocenters. The zero-order valence-electron chi connectivity index (χ0n) is 30.7. The monoisotopic (exact) mass is 759 g/mol. The summed E-state index contributed by atoms with van der Waals surface area (Å²) in [4.78, 5) is 44.9. The predicted octanol–water partition coefficient (Wildman–Crippen LogP) is 6.40. The van der Waals surface area contributed by atoms with Gasteiger partial charge in [-0.25, -0.2) is 27.0 Å². The van der Waals surface area contributed by atoms with Crippen LogP contribution < -0.4 is 15.4 Å². The van der Waals surface area contributed by atoms with Crippen LogP contribution in [0.4, 0.5) is 20.8 Å². The second-order valence-corrected chi connectivity index (χ2v) is 15.0. The number of carbonyl (C=O) groups is 3. The van der Waals surface area contributed by atoms with Crippen LogP contribution in [0.3, 0.4) is 0 Å². The van der Waals surface area contributed by atoms with Gasteiger partial charge in [-0.05, 0) is 59.0 Å². The van der Waals surface area contributed by atoms with Crippen LogP contribution in [0.15, 0.2) is 90.0 Å². The fourth-order valence-electron chi connectivity index (χ4n) is 5.55. The number of nitrogens with zero attached hydrogens (tertiary/aromatic N) is 4. The van der Waals surface area contributed by atoms with Crippen LogP contribution in [0.2, 0.25) is 0 Å². The molecule has 2 N–H and O–H groups in total. The van der Waals surface area contributed by atoms with Gasteiger partial charge in [0.2, 0.25) is 6.29 Å². The molecule has 284 valence electrons. The van der Waals surface area contributed by atoms with E-state index in [1.807, 2.05) is 37.3 Å². The number of aromatic nitrogens is 3. The molecule has 3 aromatic carbocycles. The normalized spacial score (nSPS) is 13.8. The lowest BCUT2D eigenvalue weighted by atomic mass is 9.92. The van der Waals surface area contributed by atoms with E-state index in [1.165, 1.54) is 48.9 Å². The lowest BCUT2D eigenvalue weighted by Gasteiger charge is -2.24. The molecule has 15 heteroatoms. The van der Waals surface area contributed by atoms with Crippen molar-refractivity contribution in [3.8, 4) is 16.9 Å². The second-order valence-electron chi connectivity index (χ2n) is 13.0. The Morgan fingerprint density at radius 3 is 2.22 bits per heavy atom. The van der Waals surface area contributed by atoms with Crippen LogP contribution in [0.5, 0.6) is 5.75 Å². The van der Waals surface area contributed by atoms with Crippen molar-refractivity contribution in [2.45, 2.75) is 63.7 Å². The quantitative estimate of drug-likeness (QED) is 0.0981. The van der Waals surface area contributed by atoms with Gasteiger partial charge in [0.15, 0.2) is 15.5 Å². The van der Waals surface area contributed by atoms with Gasteiger partial charge in [-0.1, -0.05) is 63.6 Å². The minimum atomic E-state index is -3.64. The Hall–Kier alpha value is -5.67. The summed E-state index contributed by atoms with van der Waals surface area (Å²) in [7, 11) is -2.33. The van der Waals surface area contributed by atoms with E-state index >= 15 is 0 Å². The molecule has 0 saturated carbocycles. The molecule has 2 aromatic heterocycles. The molecule has 0 fully saturated rings. The molecule has 0 radical (unpaired) electrons. The smallest absolute Gasteiger partial charge is 0.424 e. The molecule has 0 spiro atoms. The van der Waals surface area contributed by atoms with E-state index < -0.39 is 40.1 Å². The van der Waals surface area contributed by atoms with Crippen LogP contribution >= 0.6 is 0 Å². The van der Waals surface area contributed by atoms with Crippen LogP contribution in [0.1, 0.15) is 51.2 Å². The number of benzene rings is 3. The van der Waals surface area contributed by atoms with Crippen LogP contribution in [0, 0.1) is 11.7 Å². The highest BCUT2D eigenvalue weighted by molar-refractivity contribution is 7.90. The molecule has 2 heterocycles. The van der Waals surface area contributed by atoms with E-state index in [0.29, 0.717) is 12.1 Å². The van der Waals surface area contributed by atoms with Crippen molar-refractivity contribution < 1.29 is 41.4 Å². The number of nitrogens with two attached hydrogens (primary N) is 1. The number of sulfone groups is 1. The SMILES string of the molecule is CC[C@H](C)[C@H](N)C(=O)OC(C)OC(=O)N(c1nc2ccc(-c3ccc(CC(=O)[C@H](C)c4ccc(F)cc4)cc3)cn2n1)c1ccc(S(C)(=O)=O)cc1OC. The molecule has 13 nitrogen and oxygen atoms in total. The zero-order valence-corrected chi connectivity index (χ0v) is 31.5. The number of hydrogen-bond acceptors (Lipinski definition) is 11. The highest BCUT2D eigenvalue weighted by Crippen LogP contribution is 2.36. The number of methoxy groups -OCH3 is 1. The number of fused-ring (bicyclic) bond motifs is 1. The summed E-state index contributed by atoms with van der Waals surface area (Å²) >= 11 is 0. The highest BCUT2D eigenvalue weighted by Gasteiger charge is 2.31. The first-order valence-corrected chi connectivity index (χ1v) is 19.1. The predicted molar refractivity (Wildman–Crippen MR) is 200 cm³/mol. The number of esters is 1. The molecule has 1 amide bonds. The van der Waals surface area contributed by atoms with Crippen LogP contribution in [-0.4, -0.2) is 66.6 Å². The third kappa shape index (κ3) is 9.09. The summed E-state index contributed by atoms with van der Waals surface area (Å²) < 4.78 is 55.7. The number of hydrogen-bond donors (Lipinski definition) is 1. The van der Waals surface area contributed by atoms with Gasteiger partial charge < -0.3 is 19.9 Å². The van der Waals surface area contributed by atoms with E-state index in [9.17, 15) is 27.2 Å². The molecule has 5 rings (SSSR count). The van der Waals surface area contributed by atoms with Gasteiger partial charge in [0.05, 0.1) is 17.7 Å². The lowest BCUT2D eigenvalue weighted by Crippen LogP contribution is -2.41. The van der Waals surface area contributed by atoms with E-state index in [-0.39, 0.29) is 46.2 Å². The topological polar surface area (TPSA) is 172 Å². The number of pyridine rings is 1. The van der Waals surface area contributed by atoms with Gasteiger partial charge in [0.25, 0.3) is 5.95 Å². The first kappa shape index (κ1) is 39.5. The van der Waals surface area contributed by atoms with Crippen molar-refractivity contribution >= 4 is 45.0 Å². The highest BCUT2D eigenvalue weighted by atomic mass is 32.2. The van der Waals surface area contributed by atoms with Gasteiger partial charge in [-0.3, -0.25) is 9.59 Å². The second kappa shape index (κ2) is 16.6. The van der Waals surface area contributed by atoms with Gasteiger partial charge in [-0.15, -0.1) is 5.10 Å². The fraction of sp³-hybridized carbons (Fsp3) is 0.308. The first-order valence-electron chi connectivity index (χ1n) is 17.2. The Bertz CT molecular complexity index is 2260. The summed E-state index contributed by atoms with van der Waals surface area (Å²) in [6, 6.07) is 19.9. The van der Waals surface area contributed by atoms with E-state index in [0.717, 1.165) is 33.4 Å². The average Bonchev–Trinajstić information content (AvgIpc) is 3.56. The van der Waals surface area contributed by atoms with E-state index in [4.69, 9.17) is 19.9 Å². The van der Waals surface area contributed by atoms with E-state index in [1.54, 1.807) is 38.2 Å². The molecular weight excluding hydrogens is 718 g/mol. The zero-order chi connectivity index (χ0) is 39.3. The number of halogens is 1. The number of ether oxygens (including phenoxy) is 3. The Morgan fingerprint density at radius 2 is 1.59 bits per heavy atom. The third-order valence-corrected chi connectivity index (χ3v) is 10.2. The lowest BCUT2D eigenvalue weighted by molar-refractivity contribution is -0.167. The average molecular weight is 760 g/mol. The summed E-state index contributed by atoms with van der Waals surface area (Å²) in [5.41, 5.74) is 9.54. The number of amides is 1. The summed E-state index contributed by atoms with van der Waals surface area (Å²) in [5, 5.41) is 4.55. The van der Waals surface area contributed by atoms with Crippen molar-refractivity contribution in [2.75, 3.05) is 18.3 Å². The maximum absolute atomic E-state index is 13.8. The third-order valence-electron chi connectivity index (χ3n) is 9.12. The summed E-state index contributed by atoms with van der Waals surface area (Å²) in [6.07, 6.45) is 1.17. The van der Waals surface area contributed by atoms with Crippen molar-refractivity contribution in [1.82, 2.24) is 14.6 Å². The Balaban J connectivity index is 1.42. The Morgan fingerprint density at radius 1 is 0.926 bits per heavy atom. The summed E-state index contributed by atoms with van der Waals surface area (Å²) in [6.45, 7) is 6.84. The maximum atomic E-state index is 13.8. The van der Waals surface area contributed by atoms with Crippen LogP contribution in [-0.2, 0) is 35.3 Å². The van der Waals surface area contributed by atoms with Crippen molar-refractivity contribution in [3.05, 3.63) is 102 Å². The molecule has 5 aromatic rings. The molecule has 0 aliphatic heterocycles. The van der Waals surface area contributed by atoms with Gasteiger partial charge in [0, 0.05) is 43.3 Å². The number of rotatable bonds is 14. The molecule has 0 aliphatic carbocycles. The number of ketones is 1. The maximum Gasteiger partial charge on any atom is 0.424 e. The van der Waals surface area contributed by atoms with Crippen molar-refractivity contribution in [1.29, 1.82) is 0 Å². The summed E-state index contributed by atoms with van der Waals surface area (Å²) in [5.74, 6) is -1.82. The fourth-order valence-corrected chi connectivity index (χ4v) is 6.19. The van der Waals surface area contributed by atoms with Gasteiger partial charge in [0.1, 0.15) is 23.4 Å². The minimum Gasteiger partial charge on any atom is -0.495 e. The van der Waals surface area contributed by atoms with Gasteiger partial charge in [-0.2, -0.15) is 4.98 Å². The number of carbonyl (C=O) groups excluding carboxylic acids is 3. The first-order chi connectivity index (χ1) is 25.6. The molecule has 0 bridgehead atoms. The molecule has 4 atom stereocenters. The van der Waals surface area contributed by atoms with Gasteiger partial charge >= 0.3 is 12.1 Å². The molecular formula is C39H42FN5O8S. The number of anilines is 2. The largest absolute Gasteiger partial charge is 0.495 e. The van der Waals surface area contributed by atoms with Crippen molar-refractivity contribution in [3.63, 3.8) is 0 Å². The minimum absolute atomic E-state index is 0.00110. The standard InChI is InChI=1S/C39H42FN5O8S/c1-7-23(2)36(41)37(47)52-25(4)53-39(48)45(32-18-17-31(54(6,49)50)21-34(32)51-5)38-42-35-19-14-29(22-44(35)43-38)28-10-8-26(9-11-28)20-33(46)24(3)27-12-15-30(40)16-13-27/h8-19,21-25,36H,7,20,41H2,1-6H3/t23-,24+,25?,36-/m0/s1. The molecule has 0 saturated heterocycles. The van der Waals surface area contributed by atoms with Crippen molar-refractivity contribution in [2.24, 2.45) is 11.7 Å². The van der Waals surface area contributed by atoms with E-state index in [2.05, 4.69) is 10.1 Å². The Kier molecular flexibility index (Phi) is 12.1. The molecule has 0 aliphatic rings.